The molecule has 1 heterocycles. The smallest absolute Gasteiger partial charge is 0.292 e. The van der Waals surface area contributed by atoms with Gasteiger partial charge in [-0.2, -0.15) is 0 Å². The van der Waals surface area contributed by atoms with Crippen molar-refractivity contribution in [2.24, 2.45) is 5.92 Å². The minimum atomic E-state index is -0.524. The molecule has 1 aliphatic heterocycles. The Morgan fingerprint density at radius 1 is 1.52 bits per heavy atom. The highest BCUT2D eigenvalue weighted by Crippen LogP contribution is 2.25. The Morgan fingerprint density at radius 3 is 2.90 bits per heavy atom. The number of para-hydroxylation sites is 2. The van der Waals surface area contributed by atoms with E-state index in [0.29, 0.717) is 5.92 Å². The zero-order valence-corrected chi connectivity index (χ0v) is 11.9. The number of carbonyl (C=O) groups excluding carboxylic acids is 1. The SMILES string of the molecule is CC1CCN(CC(=O)Nc2ccccc2[N+](=O)[O-])C1CO. The summed E-state index contributed by atoms with van der Waals surface area (Å²) in [6.45, 7) is 2.93. The number of nitro groups is 1. The fourth-order valence-electron chi connectivity index (χ4n) is 2.69. The lowest BCUT2D eigenvalue weighted by Crippen LogP contribution is -2.40. The van der Waals surface area contributed by atoms with Gasteiger partial charge in [0.05, 0.1) is 18.1 Å². The number of hydrogen-bond donors (Lipinski definition) is 2. The maximum atomic E-state index is 12.1. The number of nitrogens with zero attached hydrogens (tertiary/aromatic N) is 2. The summed E-state index contributed by atoms with van der Waals surface area (Å²) >= 11 is 0. The van der Waals surface area contributed by atoms with Crippen LogP contribution in [0.5, 0.6) is 0 Å². The van der Waals surface area contributed by atoms with Gasteiger partial charge in [0.25, 0.3) is 5.69 Å². The molecular formula is C14H19N3O4. The van der Waals surface area contributed by atoms with Gasteiger partial charge in [-0.3, -0.25) is 19.8 Å². The molecule has 0 saturated carbocycles. The Labute approximate surface area is 122 Å². The van der Waals surface area contributed by atoms with Crippen molar-refractivity contribution in [1.29, 1.82) is 0 Å². The molecule has 2 atom stereocenters. The van der Waals surface area contributed by atoms with Gasteiger partial charge in [0.1, 0.15) is 5.69 Å². The standard InChI is InChI=1S/C14H19N3O4/c1-10-6-7-16(13(10)9-18)8-14(19)15-11-4-2-3-5-12(11)17(20)21/h2-5,10,13,18H,6-9H2,1H3,(H,15,19). The molecule has 1 saturated heterocycles. The summed E-state index contributed by atoms with van der Waals surface area (Å²) in [6.07, 6.45) is 0.935. The first kappa shape index (κ1) is 15.4. The number of aliphatic hydroxyl groups is 1. The summed E-state index contributed by atoms with van der Waals surface area (Å²) in [6, 6.07) is 6.02. The first-order valence-electron chi connectivity index (χ1n) is 6.91. The molecule has 114 valence electrons. The second kappa shape index (κ2) is 6.64. The topological polar surface area (TPSA) is 95.7 Å². The first-order chi connectivity index (χ1) is 10.0. The Balaban J connectivity index is 2.01. The van der Waals surface area contributed by atoms with E-state index in [2.05, 4.69) is 5.32 Å². The number of amides is 1. The van der Waals surface area contributed by atoms with Crippen LogP contribution >= 0.6 is 0 Å². The minimum Gasteiger partial charge on any atom is -0.395 e. The van der Waals surface area contributed by atoms with Gasteiger partial charge >= 0.3 is 0 Å². The van der Waals surface area contributed by atoms with Gasteiger partial charge in [-0.25, -0.2) is 0 Å². The molecule has 2 N–H and O–H groups in total. The maximum absolute atomic E-state index is 12.1. The fourth-order valence-corrected chi connectivity index (χ4v) is 2.69. The lowest BCUT2D eigenvalue weighted by atomic mass is 10.0. The third-order valence-electron chi connectivity index (χ3n) is 3.91. The fraction of sp³-hybridized carbons (Fsp3) is 0.500. The van der Waals surface area contributed by atoms with Crippen LogP contribution < -0.4 is 5.32 Å². The van der Waals surface area contributed by atoms with Crippen molar-refractivity contribution in [3.05, 3.63) is 34.4 Å². The largest absolute Gasteiger partial charge is 0.395 e. The molecule has 1 aromatic carbocycles. The molecule has 0 aliphatic carbocycles. The number of aliphatic hydroxyl groups excluding tert-OH is 1. The number of hydrogen-bond acceptors (Lipinski definition) is 5. The molecule has 1 amide bonds. The average molecular weight is 293 g/mol. The number of nitrogens with one attached hydrogen (secondary N) is 1. The van der Waals surface area contributed by atoms with Crippen LogP contribution in [0.25, 0.3) is 0 Å². The van der Waals surface area contributed by atoms with E-state index in [9.17, 15) is 20.0 Å². The van der Waals surface area contributed by atoms with E-state index < -0.39 is 4.92 Å². The maximum Gasteiger partial charge on any atom is 0.292 e. The minimum absolute atomic E-state index is 0.0138. The Bertz CT molecular complexity index is 535. The molecule has 2 unspecified atom stereocenters. The van der Waals surface area contributed by atoms with Crippen molar-refractivity contribution in [3.63, 3.8) is 0 Å². The lowest BCUT2D eigenvalue weighted by Gasteiger charge is -2.24. The molecule has 2 rings (SSSR count). The number of carbonyl (C=O) groups is 1. The van der Waals surface area contributed by atoms with E-state index in [1.165, 1.54) is 12.1 Å². The predicted molar refractivity (Wildman–Crippen MR) is 78.0 cm³/mol. The average Bonchev–Trinajstić information content (AvgIpc) is 2.79. The van der Waals surface area contributed by atoms with Crippen LogP contribution in [-0.4, -0.2) is 46.6 Å². The summed E-state index contributed by atoms with van der Waals surface area (Å²) in [4.78, 5) is 24.3. The first-order valence-corrected chi connectivity index (χ1v) is 6.91. The normalized spacial score (nSPS) is 22.2. The number of nitro benzene ring substituents is 1. The molecule has 1 fully saturated rings. The van der Waals surface area contributed by atoms with Crippen LogP contribution in [0.2, 0.25) is 0 Å². The monoisotopic (exact) mass is 293 g/mol. The van der Waals surface area contributed by atoms with Gasteiger partial charge in [0.2, 0.25) is 5.91 Å². The van der Waals surface area contributed by atoms with Crippen molar-refractivity contribution < 1.29 is 14.8 Å². The molecular weight excluding hydrogens is 274 g/mol. The number of likely N-dealkylation sites (tertiary alicyclic amines) is 1. The summed E-state index contributed by atoms with van der Waals surface area (Å²) in [5.41, 5.74) is 0.0691. The molecule has 1 aromatic rings. The van der Waals surface area contributed by atoms with Gasteiger partial charge < -0.3 is 10.4 Å². The van der Waals surface area contributed by atoms with Gasteiger partial charge in [-0.1, -0.05) is 19.1 Å². The highest BCUT2D eigenvalue weighted by atomic mass is 16.6. The molecule has 7 heteroatoms. The third-order valence-corrected chi connectivity index (χ3v) is 3.91. The van der Waals surface area contributed by atoms with Crippen LogP contribution in [-0.2, 0) is 4.79 Å². The molecule has 1 aliphatic rings. The van der Waals surface area contributed by atoms with E-state index in [4.69, 9.17) is 0 Å². The number of anilines is 1. The zero-order valence-electron chi connectivity index (χ0n) is 11.9. The Hall–Kier alpha value is -1.99. The van der Waals surface area contributed by atoms with Crippen LogP contribution in [0.4, 0.5) is 11.4 Å². The summed E-state index contributed by atoms with van der Waals surface area (Å²) in [5, 5.41) is 22.8. The predicted octanol–water partition coefficient (Wildman–Crippen LogP) is 1.24. The van der Waals surface area contributed by atoms with Crippen LogP contribution in [0.15, 0.2) is 24.3 Å². The summed E-state index contributed by atoms with van der Waals surface area (Å²) in [7, 11) is 0. The van der Waals surface area contributed by atoms with Gasteiger partial charge in [0.15, 0.2) is 0 Å². The number of rotatable bonds is 5. The highest BCUT2D eigenvalue weighted by molar-refractivity contribution is 5.94. The summed E-state index contributed by atoms with van der Waals surface area (Å²) in [5.74, 6) is 0.0331. The van der Waals surface area contributed by atoms with Crippen molar-refractivity contribution in [2.75, 3.05) is 25.0 Å². The van der Waals surface area contributed by atoms with Crippen LogP contribution in [0, 0.1) is 16.0 Å². The second-order valence-corrected chi connectivity index (χ2v) is 5.31. The van der Waals surface area contributed by atoms with Gasteiger partial charge in [0, 0.05) is 12.1 Å². The molecule has 0 radical (unpaired) electrons. The molecule has 7 nitrogen and oxygen atoms in total. The Kier molecular flexibility index (Phi) is 4.87. The molecule has 0 aromatic heterocycles. The van der Waals surface area contributed by atoms with Crippen molar-refractivity contribution in [3.8, 4) is 0 Å². The zero-order chi connectivity index (χ0) is 15.4. The molecule has 0 bridgehead atoms. The quantitative estimate of drug-likeness (QED) is 0.629. The van der Waals surface area contributed by atoms with Crippen molar-refractivity contribution in [2.45, 2.75) is 19.4 Å². The van der Waals surface area contributed by atoms with Crippen LogP contribution in [0.3, 0.4) is 0 Å². The number of benzene rings is 1. The second-order valence-electron chi connectivity index (χ2n) is 5.31. The van der Waals surface area contributed by atoms with E-state index in [1.807, 2.05) is 11.8 Å². The van der Waals surface area contributed by atoms with E-state index in [0.717, 1.165) is 13.0 Å². The van der Waals surface area contributed by atoms with Crippen LogP contribution in [0.1, 0.15) is 13.3 Å². The van der Waals surface area contributed by atoms with E-state index in [-0.39, 0.29) is 36.5 Å². The van der Waals surface area contributed by atoms with Crippen molar-refractivity contribution in [1.82, 2.24) is 4.90 Å². The van der Waals surface area contributed by atoms with Gasteiger partial charge in [-0.05, 0) is 24.9 Å². The third kappa shape index (κ3) is 3.56. The van der Waals surface area contributed by atoms with Gasteiger partial charge in [-0.15, -0.1) is 0 Å². The van der Waals surface area contributed by atoms with E-state index in [1.54, 1.807) is 12.1 Å². The lowest BCUT2D eigenvalue weighted by molar-refractivity contribution is -0.383. The van der Waals surface area contributed by atoms with Crippen molar-refractivity contribution >= 4 is 17.3 Å². The molecule has 0 spiro atoms. The highest BCUT2D eigenvalue weighted by Gasteiger charge is 2.31. The van der Waals surface area contributed by atoms with E-state index >= 15 is 0 Å². The Morgan fingerprint density at radius 2 is 2.24 bits per heavy atom. The summed E-state index contributed by atoms with van der Waals surface area (Å²) < 4.78 is 0. The molecule has 21 heavy (non-hydrogen) atoms.